The van der Waals surface area contributed by atoms with Crippen LogP contribution >= 0.6 is 27.5 Å². The van der Waals surface area contributed by atoms with Crippen LogP contribution < -0.4 is 0 Å². The fourth-order valence-corrected chi connectivity index (χ4v) is 2.65. The van der Waals surface area contributed by atoms with Gasteiger partial charge in [-0.15, -0.1) is 11.6 Å². The Hall–Kier alpha value is -1.39. The number of aryl methyl sites for hydroxylation is 2. The first-order chi connectivity index (χ1) is 9.60. The molecule has 0 saturated carbocycles. The van der Waals surface area contributed by atoms with E-state index >= 15 is 0 Å². The molecule has 3 aromatic rings. The average Bonchev–Trinajstić information content (AvgIpc) is 2.79. The molecular weight excluding hydrogens is 338 g/mol. The van der Waals surface area contributed by atoms with Crippen LogP contribution in [0.25, 0.3) is 16.9 Å². The molecule has 2 aromatic heterocycles. The fourth-order valence-electron chi connectivity index (χ4n) is 2.23. The average molecular weight is 351 g/mol. The Morgan fingerprint density at radius 3 is 2.65 bits per heavy atom. The first kappa shape index (κ1) is 13.6. The van der Waals surface area contributed by atoms with Crippen LogP contribution in [0.15, 0.2) is 34.8 Å². The van der Waals surface area contributed by atoms with E-state index in [0.717, 1.165) is 38.4 Å². The number of nitrogens with zero attached hydrogens (tertiary/aromatic N) is 3. The van der Waals surface area contributed by atoms with E-state index in [9.17, 15) is 0 Å². The molecular formula is C15H13BrClN3. The monoisotopic (exact) mass is 349 g/mol. The zero-order chi connectivity index (χ0) is 14.3. The van der Waals surface area contributed by atoms with Crippen LogP contribution in [-0.4, -0.2) is 14.5 Å². The fraction of sp³-hybridized carbons (Fsp3) is 0.200. The van der Waals surface area contributed by atoms with Gasteiger partial charge >= 0.3 is 0 Å². The highest BCUT2D eigenvalue weighted by Gasteiger charge is 2.13. The van der Waals surface area contributed by atoms with Gasteiger partial charge in [0.25, 0.3) is 0 Å². The third-order valence-corrected chi connectivity index (χ3v) is 4.36. The Balaban J connectivity index is 2.32. The van der Waals surface area contributed by atoms with Crippen molar-refractivity contribution in [3.8, 4) is 5.69 Å². The summed E-state index contributed by atoms with van der Waals surface area (Å²) in [5, 5.41) is 0. The molecule has 0 amide bonds. The third-order valence-electron chi connectivity index (χ3n) is 3.23. The van der Waals surface area contributed by atoms with Gasteiger partial charge in [0.05, 0.1) is 5.88 Å². The van der Waals surface area contributed by atoms with Crippen molar-refractivity contribution >= 4 is 38.7 Å². The molecule has 0 aliphatic rings. The number of aromatic nitrogens is 3. The Bertz CT molecular complexity index is 795. The van der Waals surface area contributed by atoms with E-state index in [1.807, 2.05) is 35.8 Å². The van der Waals surface area contributed by atoms with Gasteiger partial charge in [0, 0.05) is 15.9 Å². The van der Waals surface area contributed by atoms with Crippen molar-refractivity contribution in [2.45, 2.75) is 19.7 Å². The molecule has 0 fully saturated rings. The number of halogens is 2. The zero-order valence-electron chi connectivity index (χ0n) is 11.2. The Morgan fingerprint density at radius 2 is 1.95 bits per heavy atom. The van der Waals surface area contributed by atoms with Gasteiger partial charge in [-0.2, -0.15) is 0 Å². The molecule has 0 aliphatic carbocycles. The summed E-state index contributed by atoms with van der Waals surface area (Å²) in [6.07, 6.45) is 0. The number of hydrogen-bond donors (Lipinski definition) is 0. The predicted molar refractivity (Wildman–Crippen MR) is 85.6 cm³/mol. The molecule has 0 saturated heterocycles. The van der Waals surface area contributed by atoms with Crippen molar-refractivity contribution in [3.05, 3.63) is 51.9 Å². The van der Waals surface area contributed by atoms with E-state index in [-0.39, 0.29) is 0 Å². The van der Waals surface area contributed by atoms with E-state index < -0.39 is 0 Å². The van der Waals surface area contributed by atoms with Crippen molar-refractivity contribution < 1.29 is 0 Å². The molecule has 3 nitrogen and oxygen atoms in total. The van der Waals surface area contributed by atoms with Gasteiger partial charge in [0.15, 0.2) is 5.65 Å². The van der Waals surface area contributed by atoms with E-state index in [4.69, 9.17) is 11.6 Å². The molecule has 0 aliphatic heterocycles. The number of hydrogen-bond acceptors (Lipinski definition) is 2. The van der Waals surface area contributed by atoms with Gasteiger partial charge in [0.1, 0.15) is 11.3 Å². The van der Waals surface area contributed by atoms with Gasteiger partial charge in [-0.3, -0.25) is 4.57 Å². The number of alkyl halides is 1. The molecule has 5 heteroatoms. The Labute approximate surface area is 130 Å². The van der Waals surface area contributed by atoms with Crippen molar-refractivity contribution in [1.82, 2.24) is 14.5 Å². The maximum atomic E-state index is 6.04. The largest absolute Gasteiger partial charge is 0.280 e. The van der Waals surface area contributed by atoms with Crippen molar-refractivity contribution in [2.24, 2.45) is 0 Å². The molecule has 0 spiro atoms. The maximum absolute atomic E-state index is 6.04. The quantitative estimate of drug-likeness (QED) is 0.635. The van der Waals surface area contributed by atoms with E-state index in [1.165, 1.54) is 0 Å². The summed E-state index contributed by atoms with van der Waals surface area (Å²) < 4.78 is 3.11. The minimum Gasteiger partial charge on any atom is -0.280 e. The van der Waals surface area contributed by atoms with Crippen LogP contribution in [0, 0.1) is 13.8 Å². The minimum absolute atomic E-state index is 0.352. The topological polar surface area (TPSA) is 30.7 Å². The van der Waals surface area contributed by atoms with Gasteiger partial charge in [-0.25, -0.2) is 9.97 Å². The molecule has 0 radical (unpaired) electrons. The first-order valence-electron chi connectivity index (χ1n) is 6.27. The minimum atomic E-state index is 0.352. The molecule has 0 N–H and O–H groups in total. The Kier molecular flexibility index (Phi) is 3.52. The summed E-state index contributed by atoms with van der Waals surface area (Å²) in [6, 6.07) is 10.1. The van der Waals surface area contributed by atoms with Crippen LogP contribution in [-0.2, 0) is 5.88 Å². The number of fused-ring (bicyclic) bond motifs is 1. The molecule has 1 aromatic carbocycles. The summed E-state index contributed by atoms with van der Waals surface area (Å²) >= 11 is 9.57. The highest BCUT2D eigenvalue weighted by Crippen LogP contribution is 2.25. The lowest BCUT2D eigenvalue weighted by Crippen LogP contribution is -2.01. The van der Waals surface area contributed by atoms with Gasteiger partial charge < -0.3 is 0 Å². The third kappa shape index (κ3) is 2.23. The second-order valence-electron chi connectivity index (χ2n) is 4.73. The normalized spacial score (nSPS) is 11.2. The molecule has 2 heterocycles. The molecule has 3 rings (SSSR count). The predicted octanol–water partition coefficient (Wildman–Crippen LogP) is 4.54. The first-order valence-corrected chi connectivity index (χ1v) is 7.60. The maximum Gasteiger partial charge on any atom is 0.164 e. The van der Waals surface area contributed by atoms with Crippen molar-refractivity contribution in [3.63, 3.8) is 0 Å². The lowest BCUT2D eigenvalue weighted by Gasteiger charge is -2.09. The van der Waals surface area contributed by atoms with Crippen LogP contribution in [0.5, 0.6) is 0 Å². The Morgan fingerprint density at radius 1 is 1.15 bits per heavy atom. The molecule has 102 valence electrons. The lowest BCUT2D eigenvalue weighted by molar-refractivity contribution is 0.964. The van der Waals surface area contributed by atoms with Gasteiger partial charge in [0.2, 0.25) is 0 Å². The number of pyridine rings is 1. The molecule has 0 bridgehead atoms. The summed E-state index contributed by atoms with van der Waals surface area (Å²) in [4.78, 5) is 9.16. The summed E-state index contributed by atoms with van der Waals surface area (Å²) in [5.41, 5.74) is 4.88. The molecule has 0 atom stereocenters. The summed E-state index contributed by atoms with van der Waals surface area (Å²) in [5.74, 6) is 1.16. The van der Waals surface area contributed by atoms with Gasteiger partial charge in [-0.05, 0) is 49.7 Å². The molecule has 0 unspecified atom stereocenters. The summed E-state index contributed by atoms with van der Waals surface area (Å²) in [7, 11) is 0. The van der Waals surface area contributed by atoms with Gasteiger partial charge in [-0.1, -0.05) is 15.9 Å². The van der Waals surface area contributed by atoms with Crippen molar-refractivity contribution in [1.29, 1.82) is 0 Å². The number of imidazole rings is 1. The number of benzene rings is 1. The van der Waals surface area contributed by atoms with Crippen LogP contribution in [0.4, 0.5) is 0 Å². The standard InChI is InChI=1S/C15H13BrClN3/c1-9-7-11(4-5-12(9)16)20-14(8-17)19-13-6-3-10(2)18-15(13)20/h3-7H,8H2,1-2H3. The van der Waals surface area contributed by atoms with Crippen LogP contribution in [0.2, 0.25) is 0 Å². The van der Waals surface area contributed by atoms with E-state index in [1.54, 1.807) is 0 Å². The number of rotatable bonds is 2. The van der Waals surface area contributed by atoms with Crippen LogP contribution in [0.1, 0.15) is 17.1 Å². The highest BCUT2D eigenvalue weighted by molar-refractivity contribution is 9.10. The smallest absolute Gasteiger partial charge is 0.164 e. The van der Waals surface area contributed by atoms with Crippen molar-refractivity contribution in [2.75, 3.05) is 0 Å². The highest BCUT2D eigenvalue weighted by atomic mass is 79.9. The zero-order valence-corrected chi connectivity index (χ0v) is 13.5. The SMILES string of the molecule is Cc1ccc2nc(CCl)n(-c3ccc(Br)c(C)c3)c2n1. The summed E-state index contributed by atoms with van der Waals surface area (Å²) in [6.45, 7) is 4.04. The van der Waals surface area contributed by atoms with Crippen LogP contribution in [0.3, 0.4) is 0 Å². The van der Waals surface area contributed by atoms with E-state index in [0.29, 0.717) is 5.88 Å². The van der Waals surface area contributed by atoms with E-state index in [2.05, 4.69) is 38.9 Å². The molecule has 20 heavy (non-hydrogen) atoms. The second-order valence-corrected chi connectivity index (χ2v) is 5.85. The second kappa shape index (κ2) is 5.19. The lowest BCUT2D eigenvalue weighted by atomic mass is 10.2.